The maximum Gasteiger partial charge on any atom is 0.232 e. The van der Waals surface area contributed by atoms with Crippen LogP contribution in [0, 0.1) is 28.6 Å². The summed E-state index contributed by atoms with van der Waals surface area (Å²) in [5, 5.41) is 46.1. The number of aliphatic hydroxyl groups excluding tert-OH is 2. The van der Waals surface area contributed by atoms with E-state index >= 15 is 0 Å². The summed E-state index contributed by atoms with van der Waals surface area (Å²) in [6.07, 6.45) is 0.519. The Morgan fingerprint density at radius 3 is 2.50 bits per heavy atom. The van der Waals surface area contributed by atoms with Crippen LogP contribution in [0.15, 0.2) is 22.8 Å². The van der Waals surface area contributed by atoms with Crippen molar-refractivity contribution >= 4 is 0 Å². The van der Waals surface area contributed by atoms with Crippen molar-refractivity contribution in [3.05, 3.63) is 22.8 Å². The number of hydrogen-bond donors (Lipinski definition) is 4. The fourth-order valence-electron chi connectivity index (χ4n) is 8.40. The lowest BCUT2D eigenvalue weighted by atomic mass is 9.52. The third-order valence-corrected chi connectivity index (χ3v) is 10.2. The quantitative estimate of drug-likeness (QED) is 0.442. The minimum absolute atomic E-state index is 0.0195. The molecular formula is C26H38O8. The van der Waals surface area contributed by atoms with Gasteiger partial charge < -0.3 is 39.4 Å². The van der Waals surface area contributed by atoms with Gasteiger partial charge in [-0.05, 0) is 42.6 Å². The van der Waals surface area contributed by atoms with Crippen molar-refractivity contribution in [3.63, 3.8) is 0 Å². The third-order valence-electron chi connectivity index (χ3n) is 10.2. The molecule has 3 heterocycles. The summed E-state index contributed by atoms with van der Waals surface area (Å²) < 4.78 is 23.7. The van der Waals surface area contributed by atoms with Gasteiger partial charge in [0.2, 0.25) is 5.79 Å². The number of allylic oxidation sites excluding steroid dienone is 1. The summed E-state index contributed by atoms with van der Waals surface area (Å²) in [6, 6.07) is 0. The molecule has 0 aromatic heterocycles. The molecule has 0 aromatic carbocycles. The standard InChI is InChI=1S/C26H38O8/c1-12(2)13-6-7-23(3)8-9-24(4)19(17(13)23)15(27)10-14-18-20(24)33-22-25(18,29)26(30,16(28)11-32-22)34-21(14)31-5/h10,12,15-16,18-22,27-30H,6-9,11H2,1-5H3/t15-,16+,18+,19+,20-,21?,22-,23+,24+,25-,26-/m0/s1. The Bertz CT molecular complexity index is 960. The molecule has 11 atom stereocenters. The lowest BCUT2D eigenvalue weighted by Crippen LogP contribution is -2.77. The molecular weight excluding hydrogens is 440 g/mol. The van der Waals surface area contributed by atoms with Crippen molar-refractivity contribution in [2.24, 2.45) is 28.6 Å². The number of methoxy groups -OCH3 is 1. The van der Waals surface area contributed by atoms with Gasteiger partial charge in [-0.15, -0.1) is 0 Å². The highest BCUT2D eigenvalue weighted by Gasteiger charge is 2.79. The second kappa shape index (κ2) is 7.13. The van der Waals surface area contributed by atoms with Crippen LogP contribution in [0.3, 0.4) is 0 Å². The van der Waals surface area contributed by atoms with Crippen molar-refractivity contribution in [2.75, 3.05) is 13.7 Å². The summed E-state index contributed by atoms with van der Waals surface area (Å²) in [7, 11) is 1.45. The Hall–Kier alpha value is -0.840. The Kier molecular flexibility index (Phi) is 4.94. The van der Waals surface area contributed by atoms with Crippen LogP contribution in [0.2, 0.25) is 0 Å². The lowest BCUT2D eigenvalue weighted by molar-refractivity contribution is -0.441. The highest BCUT2D eigenvalue weighted by molar-refractivity contribution is 5.41. The Labute approximate surface area is 200 Å². The molecule has 4 fully saturated rings. The van der Waals surface area contributed by atoms with Crippen LogP contribution in [-0.2, 0) is 18.9 Å². The van der Waals surface area contributed by atoms with Crippen molar-refractivity contribution in [1.82, 2.24) is 0 Å². The molecule has 3 aliphatic carbocycles. The largest absolute Gasteiger partial charge is 0.388 e. The molecule has 0 amide bonds. The normalized spacial score (nSPS) is 56.1. The van der Waals surface area contributed by atoms with Gasteiger partial charge >= 0.3 is 0 Å². The summed E-state index contributed by atoms with van der Waals surface area (Å²) in [5.74, 6) is -2.93. The van der Waals surface area contributed by atoms with Crippen LogP contribution in [0.4, 0.5) is 0 Å². The molecule has 0 spiro atoms. The molecule has 0 radical (unpaired) electrons. The van der Waals surface area contributed by atoms with Crippen LogP contribution in [0.25, 0.3) is 0 Å². The predicted octanol–water partition coefficient (Wildman–Crippen LogP) is 1.61. The first-order chi connectivity index (χ1) is 15.9. The molecule has 4 N–H and O–H groups in total. The molecule has 8 nitrogen and oxygen atoms in total. The van der Waals surface area contributed by atoms with Gasteiger partial charge in [0.1, 0.15) is 6.10 Å². The van der Waals surface area contributed by atoms with Gasteiger partial charge in [0.05, 0.1) is 24.7 Å². The fraction of sp³-hybridized carbons (Fsp3) is 0.846. The van der Waals surface area contributed by atoms with Gasteiger partial charge in [0.25, 0.3) is 0 Å². The number of ether oxygens (including phenoxy) is 4. The van der Waals surface area contributed by atoms with Gasteiger partial charge in [0, 0.05) is 18.4 Å². The van der Waals surface area contributed by atoms with Crippen molar-refractivity contribution in [1.29, 1.82) is 0 Å². The second-order valence-electron chi connectivity index (χ2n) is 12.2. The Morgan fingerprint density at radius 1 is 1.09 bits per heavy atom. The van der Waals surface area contributed by atoms with E-state index < -0.39 is 53.6 Å². The maximum atomic E-state index is 12.1. The smallest absolute Gasteiger partial charge is 0.232 e. The number of rotatable bonds is 2. The van der Waals surface area contributed by atoms with Crippen molar-refractivity contribution < 1.29 is 39.4 Å². The summed E-state index contributed by atoms with van der Waals surface area (Å²) in [5.41, 5.74) is 0.716. The highest BCUT2D eigenvalue weighted by atomic mass is 16.8. The van der Waals surface area contributed by atoms with Gasteiger partial charge in [-0.2, -0.15) is 0 Å². The number of fused-ring (bicyclic) bond motifs is 4. The Balaban J connectivity index is 1.58. The van der Waals surface area contributed by atoms with E-state index in [-0.39, 0.29) is 17.9 Å². The average molecular weight is 479 g/mol. The molecule has 0 aromatic rings. The lowest BCUT2D eigenvalue weighted by Gasteiger charge is -2.56. The first-order valence-electron chi connectivity index (χ1n) is 12.7. The van der Waals surface area contributed by atoms with E-state index in [1.54, 1.807) is 6.08 Å². The van der Waals surface area contributed by atoms with Gasteiger partial charge in [-0.3, -0.25) is 0 Å². The first kappa shape index (κ1) is 23.6. The van der Waals surface area contributed by atoms with E-state index in [0.29, 0.717) is 11.5 Å². The fourth-order valence-corrected chi connectivity index (χ4v) is 8.40. The van der Waals surface area contributed by atoms with E-state index in [4.69, 9.17) is 18.9 Å². The van der Waals surface area contributed by atoms with E-state index in [0.717, 1.165) is 25.7 Å². The number of hydrogen-bond acceptors (Lipinski definition) is 8. The molecule has 1 saturated carbocycles. The van der Waals surface area contributed by atoms with Gasteiger partial charge in [-0.25, -0.2) is 0 Å². The molecule has 8 heteroatoms. The molecule has 6 aliphatic rings. The molecule has 0 bridgehead atoms. The molecule has 3 aliphatic heterocycles. The number of aliphatic hydroxyl groups is 4. The summed E-state index contributed by atoms with van der Waals surface area (Å²) in [4.78, 5) is 0. The highest BCUT2D eigenvalue weighted by Crippen LogP contribution is 2.68. The van der Waals surface area contributed by atoms with E-state index in [1.807, 2.05) is 0 Å². The van der Waals surface area contributed by atoms with Crippen molar-refractivity contribution in [2.45, 2.75) is 95.7 Å². The van der Waals surface area contributed by atoms with E-state index in [9.17, 15) is 20.4 Å². The van der Waals surface area contributed by atoms with Crippen LogP contribution in [0.1, 0.15) is 53.4 Å². The zero-order valence-corrected chi connectivity index (χ0v) is 20.7. The summed E-state index contributed by atoms with van der Waals surface area (Å²) >= 11 is 0. The predicted molar refractivity (Wildman–Crippen MR) is 120 cm³/mol. The minimum Gasteiger partial charge on any atom is -0.388 e. The third kappa shape index (κ3) is 2.56. The van der Waals surface area contributed by atoms with Crippen molar-refractivity contribution in [3.8, 4) is 0 Å². The zero-order valence-electron chi connectivity index (χ0n) is 20.7. The average Bonchev–Trinajstić information content (AvgIpc) is 3.26. The SMILES string of the molecule is COC1O[C@@]2(O)[C@H](O)CO[C@H]3O[C@H]4[C@@H](C1=C[C@H](O)[C@@H]1C5=C(C(C)C)CC[C@]5(C)CC[C@@]41C)[C@]32O. The van der Waals surface area contributed by atoms with E-state index in [2.05, 4.69) is 27.7 Å². The zero-order chi connectivity index (χ0) is 24.4. The molecule has 3 saturated heterocycles. The van der Waals surface area contributed by atoms with Crippen LogP contribution >= 0.6 is 0 Å². The second-order valence-corrected chi connectivity index (χ2v) is 12.2. The van der Waals surface area contributed by atoms with Crippen LogP contribution in [-0.4, -0.2) is 76.4 Å². The first-order valence-corrected chi connectivity index (χ1v) is 12.7. The Morgan fingerprint density at radius 2 is 1.82 bits per heavy atom. The van der Waals surface area contributed by atoms with Gasteiger partial charge in [-0.1, -0.05) is 44.9 Å². The monoisotopic (exact) mass is 478 g/mol. The van der Waals surface area contributed by atoms with E-state index in [1.165, 1.54) is 18.3 Å². The molecule has 1 unspecified atom stereocenters. The maximum absolute atomic E-state index is 12.1. The van der Waals surface area contributed by atoms with Crippen LogP contribution in [0.5, 0.6) is 0 Å². The van der Waals surface area contributed by atoms with Gasteiger partial charge in [0.15, 0.2) is 18.2 Å². The molecule has 6 rings (SSSR count). The topological polar surface area (TPSA) is 118 Å². The molecule has 34 heavy (non-hydrogen) atoms. The molecule has 190 valence electrons. The summed E-state index contributed by atoms with van der Waals surface area (Å²) in [6.45, 7) is 8.65. The van der Waals surface area contributed by atoms with Crippen LogP contribution < -0.4 is 0 Å². The minimum atomic E-state index is -2.33.